The van der Waals surface area contributed by atoms with Crippen LogP contribution in [-0.4, -0.2) is 28.0 Å². The molecule has 1 heterocycles. The highest BCUT2D eigenvalue weighted by atomic mass is 16.5. The van der Waals surface area contributed by atoms with Crippen LogP contribution in [0.25, 0.3) is 0 Å². The number of amides is 2. The van der Waals surface area contributed by atoms with E-state index in [0.717, 1.165) is 23.5 Å². The van der Waals surface area contributed by atoms with Gasteiger partial charge in [-0.1, -0.05) is 26.2 Å². The Bertz CT molecular complexity index is 902. The SMILES string of the molecule is CCCCCCOc1ccc(C(=O)NNC(=O)Cn2ccc(=O)[nH]c2=O)cc1. The first-order valence-electron chi connectivity index (χ1n) is 9.11. The molecule has 9 nitrogen and oxygen atoms in total. The minimum absolute atomic E-state index is 0.347. The van der Waals surface area contributed by atoms with Gasteiger partial charge in [0, 0.05) is 17.8 Å². The smallest absolute Gasteiger partial charge is 0.328 e. The molecule has 1 aromatic carbocycles. The van der Waals surface area contributed by atoms with Gasteiger partial charge in [-0.25, -0.2) is 4.79 Å². The van der Waals surface area contributed by atoms with Gasteiger partial charge in [-0.2, -0.15) is 0 Å². The number of aromatic amines is 1. The second kappa shape index (κ2) is 10.7. The molecule has 9 heteroatoms. The summed E-state index contributed by atoms with van der Waals surface area (Å²) >= 11 is 0. The van der Waals surface area contributed by atoms with E-state index in [0.29, 0.717) is 17.9 Å². The van der Waals surface area contributed by atoms with Crippen molar-refractivity contribution in [3.8, 4) is 5.75 Å². The Labute approximate surface area is 161 Å². The minimum atomic E-state index is -0.709. The van der Waals surface area contributed by atoms with Gasteiger partial charge in [0.05, 0.1) is 6.61 Å². The standard InChI is InChI=1S/C19H24N4O5/c1-2-3-4-5-12-28-15-8-6-14(7-9-15)18(26)22-21-17(25)13-23-11-10-16(24)20-19(23)27/h6-11H,2-5,12-13H2,1H3,(H,21,25)(H,22,26)(H,20,24,27). The first-order valence-corrected chi connectivity index (χ1v) is 9.11. The first-order chi connectivity index (χ1) is 13.5. The van der Waals surface area contributed by atoms with Crippen molar-refractivity contribution in [2.45, 2.75) is 39.2 Å². The Hall–Kier alpha value is -3.36. The summed E-state index contributed by atoms with van der Waals surface area (Å²) in [5, 5.41) is 0. The molecule has 0 spiro atoms. The number of hydrogen-bond donors (Lipinski definition) is 3. The highest BCUT2D eigenvalue weighted by Gasteiger charge is 2.09. The lowest BCUT2D eigenvalue weighted by Gasteiger charge is -2.09. The summed E-state index contributed by atoms with van der Waals surface area (Å²) < 4.78 is 6.62. The number of hydrazine groups is 1. The molecule has 0 bridgehead atoms. The number of carbonyl (C=O) groups is 2. The van der Waals surface area contributed by atoms with Crippen molar-refractivity contribution in [2.75, 3.05) is 6.61 Å². The molecule has 0 saturated heterocycles. The number of hydrogen-bond acceptors (Lipinski definition) is 5. The summed E-state index contributed by atoms with van der Waals surface area (Å²) in [6, 6.07) is 7.69. The van der Waals surface area contributed by atoms with Crippen LogP contribution in [0, 0.1) is 0 Å². The van der Waals surface area contributed by atoms with Crippen LogP contribution in [0.1, 0.15) is 43.0 Å². The molecule has 0 aliphatic carbocycles. The average Bonchev–Trinajstić information content (AvgIpc) is 2.68. The number of H-pyrrole nitrogens is 1. The van der Waals surface area contributed by atoms with Crippen LogP contribution < -0.4 is 26.8 Å². The normalized spacial score (nSPS) is 10.3. The summed E-state index contributed by atoms with van der Waals surface area (Å²) in [6.45, 7) is 2.43. The van der Waals surface area contributed by atoms with Gasteiger partial charge < -0.3 is 4.74 Å². The number of benzene rings is 1. The van der Waals surface area contributed by atoms with Crippen molar-refractivity contribution in [3.05, 3.63) is 62.9 Å². The Morgan fingerprint density at radius 3 is 2.46 bits per heavy atom. The summed E-state index contributed by atoms with van der Waals surface area (Å²) in [6.07, 6.45) is 5.67. The fourth-order valence-electron chi connectivity index (χ4n) is 2.38. The van der Waals surface area contributed by atoms with Gasteiger partial charge in [0.2, 0.25) is 0 Å². The van der Waals surface area contributed by atoms with Crippen molar-refractivity contribution in [2.24, 2.45) is 0 Å². The summed E-state index contributed by atoms with van der Waals surface area (Å²) in [4.78, 5) is 48.5. The molecule has 2 amide bonds. The van der Waals surface area contributed by atoms with Crippen molar-refractivity contribution in [1.82, 2.24) is 20.4 Å². The van der Waals surface area contributed by atoms with Crippen LogP contribution in [-0.2, 0) is 11.3 Å². The number of nitrogens with zero attached hydrogens (tertiary/aromatic N) is 1. The molecule has 2 aromatic rings. The van der Waals surface area contributed by atoms with E-state index >= 15 is 0 Å². The average molecular weight is 388 g/mol. The molecule has 0 unspecified atom stereocenters. The fraction of sp³-hybridized carbons (Fsp3) is 0.368. The fourth-order valence-corrected chi connectivity index (χ4v) is 2.38. The van der Waals surface area contributed by atoms with Gasteiger partial charge in [0.15, 0.2) is 0 Å². The largest absolute Gasteiger partial charge is 0.494 e. The third kappa shape index (κ3) is 6.75. The molecule has 0 aliphatic rings. The zero-order valence-corrected chi connectivity index (χ0v) is 15.7. The topological polar surface area (TPSA) is 122 Å². The summed E-state index contributed by atoms with van der Waals surface area (Å²) in [5.74, 6) is -0.444. The van der Waals surface area contributed by atoms with Crippen LogP contribution in [0.4, 0.5) is 0 Å². The highest BCUT2D eigenvalue weighted by molar-refractivity contribution is 5.95. The zero-order chi connectivity index (χ0) is 20.4. The van der Waals surface area contributed by atoms with Gasteiger partial charge >= 0.3 is 5.69 Å². The lowest BCUT2D eigenvalue weighted by molar-refractivity contribution is -0.122. The molecule has 0 atom stereocenters. The molecule has 0 radical (unpaired) electrons. The van der Waals surface area contributed by atoms with Crippen LogP contribution in [0.2, 0.25) is 0 Å². The maximum Gasteiger partial charge on any atom is 0.328 e. The van der Waals surface area contributed by atoms with Gasteiger partial charge in [-0.15, -0.1) is 0 Å². The van der Waals surface area contributed by atoms with Crippen molar-refractivity contribution in [3.63, 3.8) is 0 Å². The van der Waals surface area contributed by atoms with E-state index in [4.69, 9.17) is 4.74 Å². The third-order valence-corrected chi connectivity index (χ3v) is 3.91. The van der Waals surface area contributed by atoms with Gasteiger partial charge in [-0.3, -0.25) is 34.8 Å². The predicted molar refractivity (Wildman–Crippen MR) is 103 cm³/mol. The number of nitrogens with one attached hydrogen (secondary N) is 3. The monoisotopic (exact) mass is 388 g/mol. The van der Waals surface area contributed by atoms with Crippen LogP contribution >= 0.6 is 0 Å². The Morgan fingerprint density at radius 1 is 1.04 bits per heavy atom. The molecule has 0 saturated carbocycles. The molecule has 150 valence electrons. The van der Waals surface area contributed by atoms with E-state index in [2.05, 4.69) is 17.8 Å². The first kappa shape index (κ1) is 20.9. The third-order valence-electron chi connectivity index (χ3n) is 3.91. The lowest BCUT2D eigenvalue weighted by Crippen LogP contribution is -2.44. The number of rotatable bonds is 9. The number of aromatic nitrogens is 2. The molecule has 0 aliphatic heterocycles. The van der Waals surface area contributed by atoms with E-state index in [-0.39, 0.29) is 6.54 Å². The van der Waals surface area contributed by atoms with E-state index in [9.17, 15) is 19.2 Å². The highest BCUT2D eigenvalue weighted by Crippen LogP contribution is 2.13. The number of ether oxygens (including phenoxy) is 1. The molecule has 3 N–H and O–H groups in total. The molecular formula is C19H24N4O5. The van der Waals surface area contributed by atoms with Gasteiger partial charge in [-0.05, 0) is 30.7 Å². The van der Waals surface area contributed by atoms with Crippen LogP contribution in [0.3, 0.4) is 0 Å². The Morgan fingerprint density at radius 2 is 1.79 bits per heavy atom. The molecular weight excluding hydrogens is 364 g/mol. The Kier molecular flexibility index (Phi) is 8.01. The van der Waals surface area contributed by atoms with Crippen LogP contribution in [0.5, 0.6) is 5.75 Å². The second-order valence-electron chi connectivity index (χ2n) is 6.17. The number of unbranched alkanes of at least 4 members (excludes halogenated alkanes) is 3. The van der Waals surface area contributed by atoms with Gasteiger partial charge in [0.1, 0.15) is 12.3 Å². The second-order valence-corrected chi connectivity index (χ2v) is 6.17. The van der Waals surface area contributed by atoms with Crippen molar-refractivity contribution >= 4 is 11.8 Å². The number of carbonyl (C=O) groups excluding carboxylic acids is 2. The summed E-state index contributed by atoms with van der Waals surface area (Å²) in [7, 11) is 0. The minimum Gasteiger partial charge on any atom is -0.494 e. The summed E-state index contributed by atoms with van der Waals surface area (Å²) in [5.41, 5.74) is 3.57. The van der Waals surface area contributed by atoms with Gasteiger partial charge in [0.25, 0.3) is 17.4 Å². The predicted octanol–water partition coefficient (Wildman–Crippen LogP) is 0.957. The molecule has 0 fully saturated rings. The van der Waals surface area contributed by atoms with E-state index in [1.165, 1.54) is 19.0 Å². The lowest BCUT2D eigenvalue weighted by atomic mass is 10.2. The Balaban J connectivity index is 1.78. The van der Waals surface area contributed by atoms with Crippen molar-refractivity contribution < 1.29 is 14.3 Å². The van der Waals surface area contributed by atoms with Crippen LogP contribution in [0.15, 0.2) is 46.1 Å². The molecule has 28 heavy (non-hydrogen) atoms. The maximum atomic E-state index is 12.1. The quantitative estimate of drug-likeness (QED) is 0.436. The molecule has 1 aromatic heterocycles. The van der Waals surface area contributed by atoms with Crippen molar-refractivity contribution in [1.29, 1.82) is 0 Å². The van der Waals surface area contributed by atoms with E-state index in [1.54, 1.807) is 24.3 Å². The maximum absolute atomic E-state index is 12.1. The van der Waals surface area contributed by atoms with E-state index < -0.39 is 23.1 Å². The molecule has 2 rings (SSSR count). The van der Waals surface area contributed by atoms with E-state index in [1.807, 2.05) is 4.98 Å². The zero-order valence-electron chi connectivity index (χ0n) is 15.7.